The van der Waals surface area contributed by atoms with E-state index < -0.39 is 0 Å². The van der Waals surface area contributed by atoms with Gasteiger partial charge in [0.15, 0.2) is 0 Å². The summed E-state index contributed by atoms with van der Waals surface area (Å²) in [6.45, 7) is 1.93. The number of fused-ring (bicyclic) bond motifs is 1. The summed E-state index contributed by atoms with van der Waals surface area (Å²) in [5.74, 6) is -0.318. The van der Waals surface area contributed by atoms with Crippen molar-refractivity contribution >= 4 is 33.4 Å². The molecule has 4 rings (SSSR count). The molecule has 138 valence electrons. The summed E-state index contributed by atoms with van der Waals surface area (Å²) in [6, 6.07) is 13.0. The van der Waals surface area contributed by atoms with Crippen molar-refractivity contribution in [2.24, 2.45) is 0 Å². The molecule has 27 heavy (non-hydrogen) atoms. The van der Waals surface area contributed by atoms with Crippen molar-refractivity contribution in [1.82, 2.24) is 19.8 Å². The molecule has 0 radical (unpaired) electrons. The summed E-state index contributed by atoms with van der Waals surface area (Å²) in [5.41, 5.74) is 1.55. The first-order chi connectivity index (χ1) is 13.1. The summed E-state index contributed by atoms with van der Waals surface area (Å²) >= 11 is 1.58. The molecule has 1 fully saturated rings. The maximum Gasteiger partial charge on any atom is 0.272 e. The molecule has 2 amide bonds. The van der Waals surface area contributed by atoms with Crippen LogP contribution in [0.2, 0.25) is 0 Å². The van der Waals surface area contributed by atoms with Crippen LogP contribution in [-0.4, -0.2) is 51.7 Å². The molecule has 0 unspecified atom stereocenters. The summed E-state index contributed by atoms with van der Waals surface area (Å²) in [5, 5.41) is 0.872. The van der Waals surface area contributed by atoms with Crippen LogP contribution in [-0.2, 0) is 6.54 Å². The maximum absolute atomic E-state index is 12.8. The number of carbonyl (C=O) groups excluding carboxylic acids is 2. The number of nitrogens with zero attached hydrogens (tertiary/aromatic N) is 4. The molecule has 0 atom stereocenters. The number of amides is 2. The monoisotopic (exact) mass is 380 g/mol. The summed E-state index contributed by atoms with van der Waals surface area (Å²) in [7, 11) is 1.73. The third kappa shape index (κ3) is 3.68. The molecule has 6 nitrogen and oxygen atoms in total. The average molecular weight is 380 g/mol. The highest BCUT2D eigenvalue weighted by molar-refractivity contribution is 7.18. The third-order valence-electron chi connectivity index (χ3n) is 4.64. The molecule has 7 heteroatoms. The topological polar surface area (TPSA) is 66.4 Å². The Kier molecular flexibility index (Phi) is 4.85. The minimum absolute atomic E-state index is 0.101. The van der Waals surface area contributed by atoms with Crippen LogP contribution in [0.4, 0.5) is 0 Å². The molecule has 3 heterocycles. The molecule has 0 saturated carbocycles. The number of likely N-dealkylation sites (tertiary alicyclic amines) is 1. The van der Waals surface area contributed by atoms with Gasteiger partial charge >= 0.3 is 0 Å². The number of benzene rings is 1. The molecule has 0 spiro atoms. The molecule has 0 N–H and O–H groups in total. The van der Waals surface area contributed by atoms with E-state index in [1.54, 1.807) is 46.4 Å². The van der Waals surface area contributed by atoms with Crippen LogP contribution in [0.25, 0.3) is 10.2 Å². The number of aromatic nitrogens is 2. The van der Waals surface area contributed by atoms with Crippen LogP contribution in [0.5, 0.6) is 0 Å². The number of pyridine rings is 1. The van der Waals surface area contributed by atoms with Gasteiger partial charge in [-0.2, -0.15) is 0 Å². The number of carbonyl (C=O) groups is 2. The first-order valence-electron chi connectivity index (χ1n) is 8.98. The Hall–Kier alpha value is -2.80. The Morgan fingerprint density at radius 3 is 2.56 bits per heavy atom. The van der Waals surface area contributed by atoms with Gasteiger partial charge in [-0.1, -0.05) is 18.2 Å². The van der Waals surface area contributed by atoms with E-state index in [2.05, 4.69) is 9.97 Å². The lowest BCUT2D eigenvalue weighted by atomic mass is 10.2. The zero-order valence-corrected chi connectivity index (χ0v) is 15.9. The third-order valence-corrected chi connectivity index (χ3v) is 5.66. The molecular weight excluding hydrogens is 360 g/mol. The number of hydrogen-bond donors (Lipinski definition) is 0. The molecule has 1 aliphatic rings. The lowest BCUT2D eigenvalue weighted by molar-refractivity contribution is 0.0775. The fraction of sp³-hybridized carbons (Fsp3) is 0.300. The van der Waals surface area contributed by atoms with Crippen LogP contribution in [0.3, 0.4) is 0 Å². The number of para-hydroxylation sites is 1. The second-order valence-corrected chi connectivity index (χ2v) is 7.76. The van der Waals surface area contributed by atoms with Gasteiger partial charge in [0, 0.05) is 20.1 Å². The van der Waals surface area contributed by atoms with E-state index in [9.17, 15) is 9.59 Å². The molecule has 3 aromatic rings. The lowest BCUT2D eigenvalue weighted by Gasteiger charge is -2.17. The minimum Gasteiger partial charge on any atom is -0.337 e. The molecule has 0 bridgehead atoms. The highest BCUT2D eigenvalue weighted by Gasteiger charge is 2.22. The van der Waals surface area contributed by atoms with E-state index in [4.69, 9.17) is 0 Å². The van der Waals surface area contributed by atoms with Gasteiger partial charge in [0.1, 0.15) is 16.4 Å². The van der Waals surface area contributed by atoms with Crippen molar-refractivity contribution in [3.05, 3.63) is 58.9 Å². The van der Waals surface area contributed by atoms with E-state index in [1.807, 2.05) is 24.3 Å². The summed E-state index contributed by atoms with van der Waals surface area (Å²) < 4.78 is 1.10. The van der Waals surface area contributed by atoms with Gasteiger partial charge in [0.2, 0.25) is 0 Å². The van der Waals surface area contributed by atoms with E-state index >= 15 is 0 Å². The van der Waals surface area contributed by atoms with Crippen molar-refractivity contribution in [3.8, 4) is 0 Å². The molecule has 1 aliphatic heterocycles. The molecule has 1 saturated heterocycles. The smallest absolute Gasteiger partial charge is 0.272 e. The Morgan fingerprint density at radius 2 is 1.78 bits per heavy atom. The second-order valence-electron chi connectivity index (χ2n) is 6.64. The van der Waals surface area contributed by atoms with Crippen molar-refractivity contribution < 1.29 is 9.59 Å². The van der Waals surface area contributed by atoms with Crippen molar-refractivity contribution in [1.29, 1.82) is 0 Å². The SMILES string of the molecule is CN(Cc1nc2ccccc2s1)C(=O)c1cccc(C(=O)N2CCCC2)n1. The van der Waals surface area contributed by atoms with Crippen LogP contribution in [0, 0.1) is 0 Å². The minimum atomic E-state index is -0.217. The van der Waals surface area contributed by atoms with Crippen LogP contribution >= 0.6 is 11.3 Å². The Balaban J connectivity index is 1.49. The largest absolute Gasteiger partial charge is 0.337 e. The van der Waals surface area contributed by atoms with Crippen LogP contribution < -0.4 is 0 Å². The van der Waals surface area contributed by atoms with E-state index in [1.165, 1.54) is 0 Å². The fourth-order valence-corrected chi connectivity index (χ4v) is 4.23. The Labute approximate surface area is 161 Å². The van der Waals surface area contributed by atoms with Gasteiger partial charge in [-0.15, -0.1) is 11.3 Å². The fourth-order valence-electron chi connectivity index (χ4n) is 3.21. The zero-order valence-electron chi connectivity index (χ0n) is 15.1. The van der Waals surface area contributed by atoms with Crippen LogP contribution in [0.1, 0.15) is 38.8 Å². The second kappa shape index (κ2) is 7.44. The van der Waals surface area contributed by atoms with Gasteiger partial charge in [-0.05, 0) is 37.1 Å². The van der Waals surface area contributed by atoms with E-state index in [0.717, 1.165) is 41.2 Å². The normalized spacial score (nSPS) is 13.9. The van der Waals surface area contributed by atoms with Gasteiger partial charge in [0.25, 0.3) is 11.8 Å². The van der Waals surface area contributed by atoms with Gasteiger partial charge in [0.05, 0.1) is 16.8 Å². The van der Waals surface area contributed by atoms with Gasteiger partial charge in [-0.25, -0.2) is 9.97 Å². The zero-order chi connectivity index (χ0) is 18.8. The molecule has 1 aromatic carbocycles. The standard InChI is InChI=1S/C20H20N4O2S/c1-23(13-18-22-14-7-2-3-10-17(14)27-18)19(25)15-8-6-9-16(21-15)20(26)24-11-4-5-12-24/h2-3,6-10H,4-5,11-13H2,1H3. The Bertz CT molecular complexity index is 961. The number of thiazole rings is 1. The van der Waals surface area contributed by atoms with Crippen LogP contribution in [0.15, 0.2) is 42.5 Å². The predicted octanol–water partition coefficient (Wildman–Crippen LogP) is 3.20. The Morgan fingerprint density at radius 1 is 1.04 bits per heavy atom. The quantitative estimate of drug-likeness (QED) is 0.697. The van der Waals surface area contributed by atoms with Crippen molar-refractivity contribution in [2.45, 2.75) is 19.4 Å². The molecule has 2 aromatic heterocycles. The maximum atomic E-state index is 12.8. The first-order valence-corrected chi connectivity index (χ1v) is 9.80. The van der Waals surface area contributed by atoms with Crippen molar-refractivity contribution in [2.75, 3.05) is 20.1 Å². The first kappa shape index (κ1) is 17.6. The predicted molar refractivity (Wildman–Crippen MR) is 105 cm³/mol. The molecule has 0 aliphatic carbocycles. The summed E-state index contributed by atoms with van der Waals surface area (Å²) in [6.07, 6.45) is 2.05. The number of hydrogen-bond acceptors (Lipinski definition) is 5. The van der Waals surface area contributed by atoms with Crippen molar-refractivity contribution in [3.63, 3.8) is 0 Å². The van der Waals surface area contributed by atoms with Gasteiger partial charge in [-0.3, -0.25) is 9.59 Å². The van der Waals surface area contributed by atoms with E-state index in [0.29, 0.717) is 12.2 Å². The number of rotatable bonds is 4. The lowest BCUT2D eigenvalue weighted by Crippen LogP contribution is -2.30. The highest BCUT2D eigenvalue weighted by Crippen LogP contribution is 2.22. The average Bonchev–Trinajstić information content (AvgIpc) is 3.36. The van der Waals surface area contributed by atoms with E-state index in [-0.39, 0.29) is 17.5 Å². The highest BCUT2D eigenvalue weighted by atomic mass is 32.1. The molecular formula is C20H20N4O2S. The van der Waals surface area contributed by atoms with Gasteiger partial charge < -0.3 is 9.80 Å². The summed E-state index contributed by atoms with van der Waals surface area (Å²) in [4.78, 5) is 37.6.